The fourth-order valence-electron chi connectivity index (χ4n) is 3.63. The van der Waals surface area contributed by atoms with Gasteiger partial charge in [0.1, 0.15) is 11.4 Å². The molecule has 0 fully saturated rings. The molecule has 0 unspecified atom stereocenters. The number of carbonyl (C=O) groups excluding carboxylic acids is 3. The standard InChI is InChI=1S/C20H19N5O4S/c21-17(27)10-5-11(18(22)28)7-12(6-10)24-15(26)8-25-9-23-19-16(20(25)29)13-3-1-2-4-14(13)30-19/h5-7,9H,1-4,8H2,(H2,21,27)(H2,22,28)(H,24,26). The van der Waals surface area contributed by atoms with Crippen LogP contribution in [0.2, 0.25) is 0 Å². The summed E-state index contributed by atoms with van der Waals surface area (Å²) in [7, 11) is 0. The van der Waals surface area contributed by atoms with Gasteiger partial charge in [-0.25, -0.2) is 4.98 Å². The monoisotopic (exact) mass is 425 g/mol. The predicted molar refractivity (Wildman–Crippen MR) is 113 cm³/mol. The van der Waals surface area contributed by atoms with Gasteiger partial charge < -0.3 is 16.8 Å². The highest BCUT2D eigenvalue weighted by molar-refractivity contribution is 7.18. The zero-order valence-corrected chi connectivity index (χ0v) is 16.8. The molecule has 5 N–H and O–H groups in total. The van der Waals surface area contributed by atoms with Gasteiger partial charge in [-0.3, -0.25) is 23.7 Å². The van der Waals surface area contributed by atoms with Crippen molar-refractivity contribution in [1.29, 1.82) is 0 Å². The third-order valence-corrected chi connectivity index (χ3v) is 6.24. The Bertz CT molecular complexity index is 1230. The highest BCUT2D eigenvalue weighted by Crippen LogP contribution is 2.33. The molecule has 3 amide bonds. The number of rotatable bonds is 5. The molecule has 0 saturated carbocycles. The lowest BCUT2D eigenvalue weighted by atomic mass is 9.97. The van der Waals surface area contributed by atoms with Gasteiger partial charge in [-0.1, -0.05) is 0 Å². The van der Waals surface area contributed by atoms with Crippen LogP contribution >= 0.6 is 11.3 Å². The number of aryl methyl sites for hydroxylation is 2. The average Bonchev–Trinajstić information content (AvgIpc) is 3.09. The molecular formula is C20H19N5O4S. The van der Waals surface area contributed by atoms with Gasteiger partial charge in [0.25, 0.3) is 5.56 Å². The average molecular weight is 425 g/mol. The zero-order valence-electron chi connectivity index (χ0n) is 15.9. The van der Waals surface area contributed by atoms with Crippen molar-refractivity contribution in [3.8, 4) is 0 Å². The summed E-state index contributed by atoms with van der Waals surface area (Å²) in [6.45, 7) is -0.265. The summed E-state index contributed by atoms with van der Waals surface area (Å²) in [6.07, 6.45) is 5.30. The molecule has 30 heavy (non-hydrogen) atoms. The van der Waals surface area contributed by atoms with Crippen LogP contribution in [0.5, 0.6) is 0 Å². The van der Waals surface area contributed by atoms with E-state index >= 15 is 0 Å². The van der Waals surface area contributed by atoms with E-state index in [1.807, 2.05) is 0 Å². The van der Waals surface area contributed by atoms with Gasteiger partial charge in [0.05, 0.1) is 11.7 Å². The van der Waals surface area contributed by atoms with Gasteiger partial charge >= 0.3 is 0 Å². The summed E-state index contributed by atoms with van der Waals surface area (Å²) in [5.74, 6) is -2.04. The summed E-state index contributed by atoms with van der Waals surface area (Å²) in [5, 5.41) is 3.17. The van der Waals surface area contributed by atoms with Crippen LogP contribution in [0.25, 0.3) is 10.2 Å². The Labute approximate surface area is 174 Å². The van der Waals surface area contributed by atoms with E-state index < -0.39 is 17.7 Å². The van der Waals surface area contributed by atoms with E-state index in [1.165, 1.54) is 34.0 Å². The Balaban J connectivity index is 1.61. The van der Waals surface area contributed by atoms with E-state index in [4.69, 9.17) is 11.5 Å². The first-order valence-electron chi connectivity index (χ1n) is 9.37. The number of benzene rings is 1. The molecular weight excluding hydrogens is 406 g/mol. The van der Waals surface area contributed by atoms with Crippen LogP contribution in [0.1, 0.15) is 44.0 Å². The highest BCUT2D eigenvalue weighted by Gasteiger charge is 2.20. The van der Waals surface area contributed by atoms with Crippen LogP contribution in [-0.4, -0.2) is 27.3 Å². The molecule has 10 heteroatoms. The largest absolute Gasteiger partial charge is 0.366 e. The fraction of sp³-hybridized carbons (Fsp3) is 0.250. The lowest BCUT2D eigenvalue weighted by Gasteiger charge is -2.11. The van der Waals surface area contributed by atoms with Crippen molar-refractivity contribution in [1.82, 2.24) is 9.55 Å². The zero-order chi connectivity index (χ0) is 21.4. The van der Waals surface area contributed by atoms with E-state index in [-0.39, 0.29) is 28.9 Å². The van der Waals surface area contributed by atoms with Crippen LogP contribution < -0.4 is 22.3 Å². The minimum Gasteiger partial charge on any atom is -0.366 e. The van der Waals surface area contributed by atoms with Gasteiger partial charge in [0, 0.05) is 21.7 Å². The molecule has 0 aliphatic heterocycles. The van der Waals surface area contributed by atoms with Crippen molar-refractivity contribution < 1.29 is 14.4 Å². The van der Waals surface area contributed by atoms with Crippen LogP contribution in [0.4, 0.5) is 5.69 Å². The van der Waals surface area contributed by atoms with E-state index in [2.05, 4.69) is 10.3 Å². The quantitative estimate of drug-likeness (QED) is 0.561. The van der Waals surface area contributed by atoms with E-state index in [1.54, 1.807) is 11.3 Å². The first-order chi connectivity index (χ1) is 14.3. The number of carbonyl (C=O) groups is 3. The molecule has 1 aromatic carbocycles. The van der Waals surface area contributed by atoms with Crippen LogP contribution in [0.3, 0.4) is 0 Å². The molecule has 0 radical (unpaired) electrons. The first kappa shape index (κ1) is 19.8. The number of nitrogens with one attached hydrogen (secondary N) is 1. The van der Waals surface area contributed by atoms with Crippen molar-refractivity contribution in [2.45, 2.75) is 32.2 Å². The molecule has 4 rings (SSSR count). The summed E-state index contributed by atoms with van der Waals surface area (Å²) in [5.41, 5.74) is 11.6. The highest BCUT2D eigenvalue weighted by atomic mass is 32.1. The van der Waals surface area contributed by atoms with Gasteiger partial charge in [0.2, 0.25) is 17.7 Å². The summed E-state index contributed by atoms with van der Waals surface area (Å²) >= 11 is 1.54. The van der Waals surface area contributed by atoms with Gasteiger partial charge in [-0.15, -0.1) is 11.3 Å². The molecule has 9 nitrogen and oxygen atoms in total. The topological polar surface area (TPSA) is 150 Å². The third kappa shape index (κ3) is 3.69. The minimum atomic E-state index is -0.762. The number of fused-ring (bicyclic) bond motifs is 3. The lowest BCUT2D eigenvalue weighted by Crippen LogP contribution is -2.28. The third-order valence-electron chi connectivity index (χ3n) is 5.04. The molecule has 0 saturated heterocycles. The Morgan fingerprint density at radius 1 is 1.07 bits per heavy atom. The van der Waals surface area contributed by atoms with Crippen LogP contribution in [0.15, 0.2) is 29.3 Å². The number of thiophene rings is 1. The normalized spacial score (nSPS) is 13.1. The maximum absolute atomic E-state index is 13.0. The summed E-state index contributed by atoms with van der Waals surface area (Å²) in [6, 6.07) is 3.93. The Kier molecular flexibility index (Phi) is 5.08. The van der Waals surface area contributed by atoms with Gasteiger partial charge in [-0.05, 0) is 49.4 Å². The van der Waals surface area contributed by atoms with Gasteiger partial charge in [0.15, 0.2) is 0 Å². The number of hydrogen-bond acceptors (Lipinski definition) is 6. The van der Waals surface area contributed by atoms with E-state index in [0.29, 0.717) is 10.2 Å². The number of aromatic nitrogens is 2. The van der Waals surface area contributed by atoms with Crippen molar-refractivity contribution in [2.24, 2.45) is 11.5 Å². The van der Waals surface area contributed by atoms with Crippen LogP contribution in [0, 0.1) is 0 Å². The predicted octanol–water partition coefficient (Wildman–Crippen LogP) is 1.17. The van der Waals surface area contributed by atoms with Crippen molar-refractivity contribution in [3.05, 3.63) is 56.4 Å². The first-order valence-corrected chi connectivity index (χ1v) is 10.2. The number of hydrogen-bond donors (Lipinski definition) is 3. The van der Waals surface area contributed by atoms with E-state index in [9.17, 15) is 19.2 Å². The summed E-state index contributed by atoms with van der Waals surface area (Å²) in [4.78, 5) is 54.7. The molecule has 0 atom stereocenters. The number of nitrogens with zero attached hydrogens (tertiary/aromatic N) is 2. The minimum absolute atomic E-state index is 0.0340. The molecule has 2 aromatic heterocycles. The Morgan fingerprint density at radius 3 is 2.40 bits per heavy atom. The van der Waals surface area contributed by atoms with Gasteiger partial charge in [-0.2, -0.15) is 0 Å². The number of anilines is 1. The maximum Gasteiger partial charge on any atom is 0.262 e. The molecule has 0 spiro atoms. The second-order valence-electron chi connectivity index (χ2n) is 7.14. The van der Waals surface area contributed by atoms with E-state index in [0.717, 1.165) is 31.2 Å². The van der Waals surface area contributed by atoms with Crippen molar-refractivity contribution in [3.63, 3.8) is 0 Å². The molecule has 1 aliphatic carbocycles. The Morgan fingerprint density at radius 2 is 1.73 bits per heavy atom. The maximum atomic E-state index is 13.0. The fourth-order valence-corrected chi connectivity index (χ4v) is 4.85. The smallest absolute Gasteiger partial charge is 0.262 e. The van der Waals surface area contributed by atoms with Crippen molar-refractivity contribution in [2.75, 3.05) is 5.32 Å². The number of nitrogens with two attached hydrogens (primary N) is 2. The lowest BCUT2D eigenvalue weighted by molar-refractivity contribution is -0.116. The second-order valence-corrected chi connectivity index (χ2v) is 8.23. The number of primary amides is 2. The Hall–Kier alpha value is -3.53. The molecule has 154 valence electrons. The SMILES string of the molecule is NC(=O)c1cc(NC(=O)Cn2cnc3sc4c(c3c2=O)CCCC4)cc(C(N)=O)c1. The molecule has 2 heterocycles. The van der Waals surface area contributed by atoms with Crippen LogP contribution in [-0.2, 0) is 24.2 Å². The second kappa shape index (κ2) is 7.71. The molecule has 1 aliphatic rings. The van der Waals surface area contributed by atoms with Crippen molar-refractivity contribution >= 4 is 45.0 Å². The number of amides is 3. The molecule has 0 bridgehead atoms. The molecule has 3 aromatic rings. The summed E-state index contributed by atoms with van der Waals surface area (Å²) < 4.78 is 1.26.